The van der Waals surface area contributed by atoms with Gasteiger partial charge in [0.25, 0.3) is 0 Å². The fourth-order valence-corrected chi connectivity index (χ4v) is 1.89. The summed E-state index contributed by atoms with van der Waals surface area (Å²) in [6, 6.07) is 0. The highest BCUT2D eigenvalue weighted by Gasteiger charge is 2.13. The molecule has 0 saturated carbocycles. The summed E-state index contributed by atoms with van der Waals surface area (Å²) < 4.78 is 0. The van der Waals surface area contributed by atoms with Crippen molar-refractivity contribution in [1.82, 2.24) is 10.3 Å². The predicted molar refractivity (Wildman–Crippen MR) is 51.6 cm³/mol. The number of nitrogens with zero attached hydrogens (tertiary/aromatic N) is 1. The van der Waals surface area contributed by atoms with E-state index in [1.165, 1.54) is 38.8 Å². The summed E-state index contributed by atoms with van der Waals surface area (Å²) in [5.41, 5.74) is 2.73. The molecular weight excluding hydrogens is 150 g/mol. The fourth-order valence-electron chi connectivity index (χ4n) is 1.89. The fraction of sp³-hybridized carbons (Fsp3) is 1.00. The van der Waals surface area contributed by atoms with Crippen LogP contribution in [-0.2, 0) is 0 Å². The van der Waals surface area contributed by atoms with Crippen LogP contribution in [-0.4, -0.2) is 31.6 Å². The molecule has 0 aromatic rings. The highest BCUT2D eigenvalue weighted by atomic mass is 15.2. The van der Waals surface area contributed by atoms with E-state index in [4.69, 9.17) is 5.84 Å². The van der Waals surface area contributed by atoms with Crippen LogP contribution in [0.4, 0.5) is 0 Å². The molecule has 3 N–H and O–H groups in total. The van der Waals surface area contributed by atoms with E-state index in [1.54, 1.807) is 0 Å². The quantitative estimate of drug-likeness (QED) is 0.482. The molecule has 3 nitrogen and oxygen atoms in total. The van der Waals surface area contributed by atoms with Gasteiger partial charge in [-0.05, 0) is 51.7 Å². The van der Waals surface area contributed by atoms with Crippen LogP contribution in [0, 0.1) is 5.92 Å². The van der Waals surface area contributed by atoms with Crippen LogP contribution in [0.5, 0.6) is 0 Å². The highest BCUT2D eigenvalue weighted by molar-refractivity contribution is 4.68. The van der Waals surface area contributed by atoms with Crippen LogP contribution in [0.1, 0.15) is 25.7 Å². The molecular formula is C9H21N3. The molecule has 1 unspecified atom stereocenters. The first-order valence-corrected chi connectivity index (χ1v) is 4.95. The van der Waals surface area contributed by atoms with E-state index >= 15 is 0 Å². The molecule has 0 bridgehead atoms. The molecule has 1 atom stereocenters. The van der Waals surface area contributed by atoms with Gasteiger partial charge in [0.1, 0.15) is 0 Å². The first-order valence-electron chi connectivity index (χ1n) is 4.95. The van der Waals surface area contributed by atoms with E-state index in [0.29, 0.717) is 0 Å². The van der Waals surface area contributed by atoms with Crippen LogP contribution in [0.25, 0.3) is 0 Å². The number of hydrogen-bond acceptors (Lipinski definition) is 3. The standard InChI is InChI=1S/C9H21N3/c1-12-7-2-3-9(5-8-12)4-6-11-10/h9,11H,2-8,10H2,1H3. The maximum Gasteiger partial charge on any atom is 0.0100 e. The molecule has 0 aromatic carbocycles. The van der Waals surface area contributed by atoms with Crippen LogP contribution in [0.3, 0.4) is 0 Å². The molecule has 1 heterocycles. The molecule has 0 aromatic heterocycles. The van der Waals surface area contributed by atoms with Crippen molar-refractivity contribution >= 4 is 0 Å². The van der Waals surface area contributed by atoms with E-state index in [-0.39, 0.29) is 0 Å². The van der Waals surface area contributed by atoms with Gasteiger partial charge in [0.05, 0.1) is 0 Å². The Bertz CT molecular complexity index is 114. The molecule has 0 aliphatic carbocycles. The van der Waals surface area contributed by atoms with Gasteiger partial charge >= 0.3 is 0 Å². The van der Waals surface area contributed by atoms with E-state index in [2.05, 4.69) is 17.4 Å². The largest absolute Gasteiger partial charge is 0.306 e. The van der Waals surface area contributed by atoms with E-state index in [9.17, 15) is 0 Å². The Labute approximate surface area is 75.3 Å². The smallest absolute Gasteiger partial charge is 0.0100 e. The third-order valence-corrected chi connectivity index (χ3v) is 2.77. The van der Waals surface area contributed by atoms with Crippen LogP contribution >= 0.6 is 0 Å². The Kier molecular flexibility index (Phi) is 4.58. The maximum atomic E-state index is 5.25. The topological polar surface area (TPSA) is 41.3 Å². The minimum Gasteiger partial charge on any atom is -0.306 e. The van der Waals surface area contributed by atoms with Crippen molar-refractivity contribution in [3.05, 3.63) is 0 Å². The SMILES string of the molecule is CN1CCCC(CCNN)CC1. The van der Waals surface area contributed by atoms with Crippen molar-refractivity contribution < 1.29 is 0 Å². The molecule has 1 aliphatic rings. The average molecular weight is 171 g/mol. The summed E-state index contributed by atoms with van der Waals surface area (Å²) in [6.07, 6.45) is 5.32. The summed E-state index contributed by atoms with van der Waals surface area (Å²) in [6.45, 7) is 3.50. The lowest BCUT2D eigenvalue weighted by atomic mass is 9.97. The van der Waals surface area contributed by atoms with Crippen LogP contribution in [0.2, 0.25) is 0 Å². The Morgan fingerprint density at radius 1 is 1.42 bits per heavy atom. The minimum absolute atomic E-state index is 0.894. The monoisotopic (exact) mass is 171 g/mol. The lowest BCUT2D eigenvalue weighted by Crippen LogP contribution is -2.25. The number of hydrazine groups is 1. The van der Waals surface area contributed by atoms with Crippen molar-refractivity contribution in [3.8, 4) is 0 Å². The van der Waals surface area contributed by atoms with E-state index in [0.717, 1.165) is 12.5 Å². The lowest BCUT2D eigenvalue weighted by molar-refractivity contribution is 0.338. The second-order valence-electron chi connectivity index (χ2n) is 3.84. The molecule has 1 aliphatic heterocycles. The van der Waals surface area contributed by atoms with E-state index < -0.39 is 0 Å². The zero-order chi connectivity index (χ0) is 8.81. The summed E-state index contributed by atoms with van der Waals surface area (Å²) in [5.74, 6) is 6.15. The number of hydrogen-bond donors (Lipinski definition) is 2. The molecule has 1 fully saturated rings. The minimum atomic E-state index is 0.894. The zero-order valence-corrected chi connectivity index (χ0v) is 8.05. The summed E-state index contributed by atoms with van der Waals surface area (Å²) >= 11 is 0. The molecule has 3 heteroatoms. The van der Waals surface area contributed by atoms with Crippen molar-refractivity contribution in [3.63, 3.8) is 0 Å². The van der Waals surface area contributed by atoms with Gasteiger partial charge in [-0.25, -0.2) is 0 Å². The Morgan fingerprint density at radius 3 is 3.00 bits per heavy atom. The molecule has 1 rings (SSSR count). The average Bonchev–Trinajstić information content (AvgIpc) is 2.27. The van der Waals surface area contributed by atoms with Crippen molar-refractivity contribution in [2.75, 3.05) is 26.7 Å². The number of nitrogens with two attached hydrogens (primary N) is 1. The second-order valence-corrected chi connectivity index (χ2v) is 3.84. The number of rotatable bonds is 3. The summed E-state index contributed by atoms with van der Waals surface area (Å²) in [4.78, 5) is 2.43. The van der Waals surface area contributed by atoms with Gasteiger partial charge in [0.2, 0.25) is 0 Å². The molecule has 0 spiro atoms. The van der Waals surface area contributed by atoms with E-state index in [1.807, 2.05) is 0 Å². The first kappa shape index (κ1) is 9.96. The third kappa shape index (κ3) is 3.52. The molecule has 12 heavy (non-hydrogen) atoms. The van der Waals surface area contributed by atoms with Gasteiger partial charge < -0.3 is 4.90 Å². The lowest BCUT2D eigenvalue weighted by Gasteiger charge is -2.14. The molecule has 1 saturated heterocycles. The van der Waals surface area contributed by atoms with Gasteiger partial charge in [-0.1, -0.05) is 0 Å². The van der Waals surface area contributed by atoms with Gasteiger partial charge in [0.15, 0.2) is 0 Å². The first-order chi connectivity index (χ1) is 5.83. The van der Waals surface area contributed by atoms with Crippen molar-refractivity contribution in [2.45, 2.75) is 25.7 Å². The molecule has 0 radical (unpaired) electrons. The summed E-state index contributed by atoms with van der Waals surface area (Å²) in [7, 11) is 2.21. The summed E-state index contributed by atoms with van der Waals surface area (Å²) in [5, 5.41) is 0. The molecule has 0 amide bonds. The molecule has 72 valence electrons. The number of likely N-dealkylation sites (tertiary alicyclic amines) is 1. The van der Waals surface area contributed by atoms with Crippen molar-refractivity contribution in [2.24, 2.45) is 11.8 Å². The third-order valence-electron chi connectivity index (χ3n) is 2.77. The maximum absolute atomic E-state index is 5.25. The van der Waals surface area contributed by atoms with Gasteiger partial charge in [0, 0.05) is 6.54 Å². The van der Waals surface area contributed by atoms with Gasteiger partial charge in [-0.15, -0.1) is 0 Å². The normalized spacial score (nSPS) is 27.0. The van der Waals surface area contributed by atoms with Crippen LogP contribution < -0.4 is 11.3 Å². The second kappa shape index (κ2) is 5.51. The van der Waals surface area contributed by atoms with Crippen molar-refractivity contribution in [1.29, 1.82) is 0 Å². The zero-order valence-electron chi connectivity index (χ0n) is 8.05. The highest BCUT2D eigenvalue weighted by Crippen LogP contribution is 2.19. The Morgan fingerprint density at radius 2 is 2.25 bits per heavy atom. The number of nitrogens with one attached hydrogen (secondary N) is 1. The van der Waals surface area contributed by atoms with Gasteiger partial charge in [-0.3, -0.25) is 11.3 Å². The van der Waals surface area contributed by atoms with Gasteiger partial charge in [-0.2, -0.15) is 0 Å². The Hall–Kier alpha value is -0.120. The predicted octanol–water partition coefficient (Wildman–Crippen LogP) is 0.572. The Balaban J connectivity index is 2.17. The van der Waals surface area contributed by atoms with Crippen LogP contribution in [0.15, 0.2) is 0 Å².